The van der Waals surface area contributed by atoms with Crippen LogP contribution < -0.4 is 5.32 Å². The number of nitrogens with one attached hydrogen (secondary N) is 1. The van der Waals surface area contributed by atoms with Gasteiger partial charge in [-0.2, -0.15) is 0 Å². The van der Waals surface area contributed by atoms with Gasteiger partial charge in [0.1, 0.15) is 0 Å². The molecule has 1 saturated carbocycles. The molecule has 2 aliphatic heterocycles. The molecule has 38 heavy (non-hydrogen) atoms. The fourth-order valence-corrected chi connectivity index (χ4v) is 7.02. The van der Waals surface area contributed by atoms with Gasteiger partial charge in [0, 0.05) is 43.9 Å². The normalized spacial score (nSPS) is 41.8. The zero-order valence-electron chi connectivity index (χ0n) is 24.9. The maximum Gasteiger partial charge on any atom is 0.225 e. The van der Waals surface area contributed by atoms with E-state index in [9.17, 15) is 19.8 Å². The van der Waals surface area contributed by atoms with Gasteiger partial charge in [-0.05, 0) is 59.5 Å². The van der Waals surface area contributed by atoms with Gasteiger partial charge in [-0.15, -0.1) is 0 Å². The van der Waals surface area contributed by atoms with E-state index in [0.717, 1.165) is 32.1 Å². The van der Waals surface area contributed by atoms with Crippen LogP contribution >= 0.6 is 0 Å². The van der Waals surface area contributed by atoms with Crippen molar-refractivity contribution >= 4 is 11.8 Å². The molecule has 220 valence electrons. The number of rotatable bonds is 3. The van der Waals surface area contributed by atoms with Crippen LogP contribution in [0.25, 0.3) is 0 Å². The molecular formula is C29H53N3O6. The van der Waals surface area contributed by atoms with Crippen molar-refractivity contribution in [2.24, 2.45) is 17.8 Å². The summed E-state index contributed by atoms with van der Waals surface area (Å²) in [6, 6.07) is 0.276. The number of carbonyl (C=O) groups is 2. The van der Waals surface area contributed by atoms with Crippen LogP contribution in [-0.4, -0.2) is 101 Å². The number of aliphatic hydroxyl groups excluding tert-OH is 1. The minimum absolute atomic E-state index is 0.00396. The number of hydrogen-bond acceptors (Lipinski definition) is 7. The second kappa shape index (κ2) is 12.5. The molecule has 2 heterocycles. The average Bonchev–Trinajstić information content (AvgIpc) is 3.27. The van der Waals surface area contributed by atoms with E-state index < -0.39 is 41.5 Å². The Morgan fingerprint density at radius 3 is 2.34 bits per heavy atom. The minimum Gasteiger partial charge on any atom is -0.392 e. The van der Waals surface area contributed by atoms with E-state index in [0.29, 0.717) is 19.4 Å². The third-order valence-electron chi connectivity index (χ3n) is 9.25. The first-order valence-corrected chi connectivity index (χ1v) is 14.6. The third kappa shape index (κ3) is 7.47. The SMILES string of the molecule is C[C@H]1CN(C)C(=O)CC2(CCCC2)NC(=O)[C@H](C)[C@@H](O)[C@H](C)[C@@H](O[C@H]2C[C@@H](N(C)C)C[C@@H](C)O2)[C@](C)(O)C1. The zero-order chi connectivity index (χ0) is 28.4. The third-order valence-corrected chi connectivity index (χ3v) is 9.25. The smallest absolute Gasteiger partial charge is 0.225 e. The Morgan fingerprint density at radius 2 is 1.74 bits per heavy atom. The molecule has 2 saturated heterocycles. The van der Waals surface area contributed by atoms with Crippen molar-refractivity contribution in [3.05, 3.63) is 0 Å². The summed E-state index contributed by atoms with van der Waals surface area (Å²) in [7, 11) is 5.88. The summed E-state index contributed by atoms with van der Waals surface area (Å²) in [6.07, 6.45) is 3.25. The lowest BCUT2D eigenvalue weighted by Gasteiger charge is -2.45. The van der Waals surface area contributed by atoms with E-state index in [-0.39, 0.29) is 36.3 Å². The summed E-state index contributed by atoms with van der Waals surface area (Å²) < 4.78 is 12.7. The Balaban J connectivity index is 1.92. The highest BCUT2D eigenvalue weighted by Gasteiger charge is 2.47. The first kappa shape index (κ1) is 31.3. The summed E-state index contributed by atoms with van der Waals surface area (Å²) >= 11 is 0. The number of ether oxygens (including phenoxy) is 2. The molecule has 3 rings (SSSR count). The van der Waals surface area contributed by atoms with Crippen LogP contribution in [0, 0.1) is 17.8 Å². The zero-order valence-corrected chi connectivity index (χ0v) is 24.9. The van der Waals surface area contributed by atoms with E-state index in [1.165, 1.54) is 0 Å². The lowest BCUT2D eigenvalue weighted by atomic mass is 9.77. The van der Waals surface area contributed by atoms with Crippen LogP contribution in [-0.2, 0) is 19.1 Å². The largest absolute Gasteiger partial charge is 0.392 e. The van der Waals surface area contributed by atoms with Gasteiger partial charge in [0.25, 0.3) is 0 Å². The van der Waals surface area contributed by atoms with Crippen LogP contribution in [0.2, 0.25) is 0 Å². The van der Waals surface area contributed by atoms with Gasteiger partial charge in [-0.1, -0.05) is 33.6 Å². The molecule has 3 fully saturated rings. The topological polar surface area (TPSA) is 112 Å². The van der Waals surface area contributed by atoms with E-state index in [2.05, 4.69) is 10.2 Å². The molecule has 0 radical (unpaired) electrons. The van der Waals surface area contributed by atoms with E-state index >= 15 is 0 Å². The number of nitrogens with zero attached hydrogens (tertiary/aromatic N) is 2. The fourth-order valence-electron chi connectivity index (χ4n) is 7.02. The lowest BCUT2D eigenvalue weighted by Crippen LogP contribution is -2.57. The van der Waals surface area contributed by atoms with Gasteiger partial charge in [0.2, 0.25) is 11.8 Å². The van der Waals surface area contributed by atoms with Crippen molar-refractivity contribution in [3.63, 3.8) is 0 Å². The van der Waals surface area contributed by atoms with Crippen LogP contribution in [0.15, 0.2) is 0 Å². The van der Waals surface area contributed by atoms with E-state index in [4.69, 9.17) is 9.47 Å². The molecule has 9 nitrogen and oxygen atoms in total. The van der Waals surface area contributed by atoms with Gasteiger partial charge in [0.05, 0.1) is 29.8 Å². The highest BCUT2D eigenvalue weighted by molar-refractivity contribution is 5.82. The number of amides is 2. The second-order valence-electron chi connectivity index (χ2n) is 13.3. The molecule has 3 aliphatic rings. The monoisotopic (exact) mass is 539 g/mol. The molecule has 3 N–H and O–H groups in total. The molecule has 9 heteroatoms. The summed E-state index contributed by atoms with van der Waals surface area (Å²) in [5.41, 5.74) is -1.89. The molecule has 0 aromatic heterocycles. The molecular weight excluding hydrogens is 486 g/mol. The molecule has 2 amide bonds. The van der Waals surface area contributed by atoms with Gasteiger partial charge in [0.15, 0.2) is 6.29 Å². The molecule has 9 atom stereocenters. The van der Waals surface area contributed by atoms with Gasteiger partial charge in [-0.3, -0.25) is 9.59 Å². The Labute approximate surface area is 229 Å². The number of carbonyl (C=O) groups excluding carboxylic acids is 2. The molecule has 0 unspecified atom stereocenters. The standard InChI is InChI=1S/C29H53N3O6/c1-18-15-28(5,36)26(38-24-14-22(31(6)7)13-19(2)37-24)20(3)25(34)21(4)27(35)30-29(11-9-10-12-29)16-23(33)32(8)17-18/h18-22,24-26,34,36H,9-17H2,1-8H3,(H,30,35)/t18-,19-,20+,21-,22+,24+,25+,26-,28-/m1/s1. The summed E-state index contributed by atoms with van der Waals surface area (Å²) in [4.78, 5) is 30.5. The van der Waals surface area contributed by atoms with Gasteiger partial charge in [-0.25, -0.2) is 0 Å². The maximum absolute atomic E-state index is 13.4. The minimum atomic E-state index is -1.33. The maximum atomic E-state index is 13.4. The fraction of sp³-hybridized carbons (Fsp3) is 0.931. The van der Waals surface area contributed by atoms with Crippen molar-refractivity contribution in [2.75, 3.05) is 27.7 Å². The summed E-state index contributed by atoms with van der Waals surface area (Å²) in [5, 5.41) is 26.5. The summed E-state index contributed by atoms with van der Waals surface area (Å²) in [6.45, 7) is 9.84. The predicted molar refractivity (Wildman–Crippen MR) is 146 cm³/mol. The first-order chi connectivity index (χ1) is 17.6. The van der Waals surface area contributed by atoms with Crippen molar-refractivity contribution in [1.82, 2.24) is 15.1 Å². The number of hydrogen-bond donors (Lipinski definition) is 3. The van der Waals surface area contributed by atoms with Crippen molar-refractivity contribution in [3.8, 4) is 0 Å². The Kier molecular flexibility index (Phi) is 10.3. The molecule has 0 bridgehead atoms. The van der Waals surface area contributed by atoms with Crippen LogP contribution in [0.1, 0.15) is 86.0 Å². The first-order valence-electron chi connectivity index (χ1n) is 14.6. The quantitative estimate of drug-likeness (QED) is 0.505. The van der Waals surface area contributed by atoms with Crippen molar-refractivity contribution < 1.29 is 29.3 Å². The van der Waals surface area contributed by atoms with Crippen LogP contribution in [0.3, 0.4) is 0 Å². The highest BCUT2D eigenvalue weighted by Crippen LogP contribution is 2.37. The molecule has 1 spiro atoms. The van der Waals surface area contributed by atoms with Crippen molar-refractivity contribution in [1.29, 1.82) is 0 Å². The molecule has 1 aliphatic carbocycles. The Morgan fingerprint density at radius 1 is 1.11 bits per heavy atom. The van der Waals surface area contributed by atoms with Crippen LogP contribution in [0.4, 0.5) is 0 Å². The van der Waals surface area contributed by atoms with Gasteiger partial charge < -0.3 is 34.8 Å². The second-order valence-corrected chi connectivity index (χ2v) is 13.3. The van der Waals surface area contributed by atoms with E-state index in [1.807, 2.05) is 34.9 Å². The van der Waals surface area contributed by atoms with Crippen LogP contribution in [0.5, 0.6) is 0 Å². The van der Waals surface area contributed by atoms with E-state index in [1.54, 1.807) is 25.8 Å². The summed E-state index contributed by atoms with van der Waals surface area (Å²) in [5.74, 6) is -1.56. The average molecular weight is 540 g/mol. The highest BCUT2D eigenvalue weighted by atomic mass is 16.7. The van der Waals surface area contributed by atoms with Gasteiger partial charge >= 0.3 is 0 Å². The van der Waals surface area contributed by atoms with Crippen molar-refractivity contribution in [2.45, 2.75) is 128 Å². The Hall–Kier alpha value is -1.26. The number of aliphatic hydroxyl groups is 2. The predicted octanol–water partition coefficient (Wildman–Crippen LogP) is 2.53. The molecule has 0 aromatic carbocycles. The lowest BCUT2D eigenvalue weighted by molar-refractivity contribution is -0.267. The molecule has 0 aromatic rings. The Bertz CT molecular complexity index is 814.